The summed E-state index contributed by atoms with van der Waals surface area (Å²) in [5.74, 6) is -1.85. The molecule has 5 aromatic rings. The Kier molecular flexibility index (Phi) is 7.77. The SMILES string of the molecule is C[C@@H](NC(=O)c1ccc2nc(-c3ccc(F)cc3)c(CCCCC(=O)O)nc2c1)c1ccc(F)c2ccccc12. The van der Waals surface area contributed by atoms with E-state index in [4.69, 9.17) is 15.1 Å². The first-order chi connectivity index (χ1) is 19.3. The molecule has 8 heteroatoms. The summed E-state index contributed by atoms with van der Waals surface area (Å²) < 4.78 is 27.8. The van der Waals surface area contributed by atoms with E-state index < -0.39 is 5.97 Å². The molecule has 0 saturated carbocycles. The summed E-state index contributed by atoms with van der Waals surface area (Å²) in [4.78, 5) is 33.7. The maximum absolute atomic E-state index is 14.3. The van der Waals surface area contributed by atoms with Crippen LogP contribution in [0, 0.1) is 11.6 Å². The summed E-state index contributed by atoms with van der Waals surface area (Å²) in [6.45, 7) is 1.85. The van der Waals surface area contributed by atoms with E-state index in [2.05, 4.69) is 5.32 Å². The van der Waals surface area contributed by atoms with Crippen molar-refractivity contribution in [2.75, 3.05) is 0 Å². The lowest BCUT2D eigenvalue weighted by Gasteiger charge is -2.17. The first-order valence-electron chi connectivity index (χ1n) is 13.1. The smallest absolute Gasteiger partial charge is 0.303 e. The molecule has 0 bridgehead atoms. The third kappa shape index (κ3) is 5.81. The van der Waals surface area contributed by atoms with Gasteiger partial charge in [0.1, 0.15) is 11.6 Å². The molecule has 6 nitrogen and oxygen atoms in total. The normalized spacial score (nSPS) is 12.0. The number of aromatic nitrogens is 2. The van der Waals surface area contributed by atoms with Crippen LogP contribution in [0.4, 0.5) is 8.78 Å². The number of carbonyl (C=O) groups excluding carboxylic acids is 1. The molecule has 0 aliphatic heterocycles. The fourth-order valence-corrected chi connectivity index (χ4v) is 4.83. The van der Waals surface area contributed by atoms with Gasteiger partial charge in [-0.3, -0.25) is 9.59 Å². The number of amides is 1. The molecule has 0 unspecified atom stereocenters. The number of aliphatic carboxylic acids is 1. The zero-order valence-corrected chi connectivity index (χ0v) is 21.8. The predicted octanol–water partition coefficient (Wildman–Crippen LogP) is 7.02. The molecule has 1 aromatic heterocycles. The van der Waals surface area contributed by atoms with Crippen molar-refractivity contribution in [3.8, 4) is 11.3 Å². The zero-order chi connectivity index (χ0) is 28.2. The molecule has 1 amide bonds. The minimum absolute atomic E-state index is 0.0543. The van der Waals surface area contributed by atoms with Gasteiger partial charge in [-0.25, -0.2) is 18.7 Å². The second-order valence-corrected chi connectivity index (χ2v) is 9.71. The molecule has 4 aromatic carbocycles. The monoisotopic (exact) mass is 539 g/mol. The maximum atomic E-state index is 14.3. The minimum atomic E-state index is -0.859. The van der Waals surface area contributed by atoms with E-state index in [9.17, 15) is 18.4 Å². The molecule has 2 N–H and O–H groups in total. The van der Waals surface area contributed by atoms with Gasteiger partial charge < -0.3 is 10.4 Å². The topological polar surface area (TPSA) is 92.2 Å². The maximum Gasteiger partial charge on any atom is 0.303 e. The number of unbranched alkanes of at least 4 members (excludes halogenated alkanes) is 1. The molecule has 0 aliphatic carbocycles. The van der Waals surface area contributed by atoms with Crippen molar-refractivity contribution >= 4 is 33.7 Å². The van der Waals surface area contributed by atoms with Gasteiger partial charge in [0.25, 0.3) is 5.91 Å². The van der Waals surface area contributed by atoms with E-state index in [1.54, 1.807) is 48.5 Å². The van der Waals surface area contributed by atoms with Crippen molar-refractivity contribution in [3.63, 3.8) is 0 Å². The van der Waals surface area contributed by atoms with Crippen molar-refractivity contribution in [2.24, 2.45) is 0 Å². The first kappa shape index (κ1) is 26.9. The Bertz CT molecular complexity index is 1720. The Morgan fingerprint density at radius 2 is 1.62 bits per heavy atom. The highest BCUT2D eigenvalue weighted by atomic mass is 19.1. The third-order valence-corrected chi connectivity index (χ3v) is 6.89. The molecule has 202 valence electrons. The Morgan fingerprint density at radius 1 is 0.875 bits per heavy atom. The lowest BCUT2D eigenvalue weighted by molar-refractivity contribution is -0.137. The van der Waals surface area contributed by atoms with Crippen LogP contribution in [0.5, 0.6) is 0 Å². The lowest BCUT2D eigenvalue weighted by Crippen LogP contribution is -2.26. The van der Waals surface area contributed by atoms with Crippen molar-refractivity contribution in [3.05, 3.63) is 107 Å². The average Bonchev–Trinajstić information content (AvgIpc) is 2.95. The second-order valence-electron chi connectivity index (χ2n) is 9.71. The largest absolute Gasteiger partial charge is 0.481 e. The van der Waals surface area contributed by atoms with E-state index in [1.165, 1.54) is 18.2 Å². The molecular weight excluding hydrogens is 512 g/mol. The second kappa shape index (κ2) is 11.6. The Morgan fingerprint density at radius 3 is 2.38 bits per heavy atom. The van der Waals surface area contributed by atoms with E-state index >= 15 is 0 Å². The molecule has 5 rings (SSSR count). The number of nitrogens with zero attached hydrogens (tertiary/aromatic N) is 2. The molecule has 0 aliphatic rings. The summed E-state index contributed by atoms with van der Waals surface area (Å²) in [6.07, 6.45) is 1.60. The van der Waals surface area contributed by atoms with Crippen LogP contribution in [0.1, 0.15) is 53.8 Å². The fourth-order valence-electron chi connectivity index (χ4n) is 4.83. The summed E-state index contributed by atoms with van der Waals surface area (Å²) in [6, 6.07) is 20.9. The molecular formula is C32H27F2N3O3. The Balaban J connectivity index is 1.44. The van der Waals surface area contributed by atoms with Crippen molar-refractivity contribution in [1.82, 2.24) is 15.3 Å². The van der Waals surface area contributed by atoms with Crippen molar-refractivity contribution in [1.29, 1.82) is 0 Å². The standard InChI is InChI=1S/C32H27F2N3O3/c1-19(23-15-16-26(34)25-7-3-2-6-24(23)25)35-32(40)21-12-17-27-29(18-21)36-28(8-4-5-9-30(38)39)31(37-27)20-10-13-22(33)14-11-20/h2-3,6-7,10-19H,4-5,8-9H2,1H3,(H,35,40)(H,38,39)/t19-/m1/s1. The van der Waals surface area contributed by atoms with Crippen LogP contribution in [0.25, 0.3) is 33.1 Å². The summed E-state index contributed by atoms with van der Waals surface area (Å²) in [5, 5.41) is 13.2. The van der Waals surface area contributed by atoms with Crippen LogP contribution in [-0.4, -0.2) is 27.0 Å². The van der Waals surface area contributed by atoms with Gasteiger partial charge in [0.2, 0.25) is 0 Å². The first-order valence-corrected chi connectivity index (χ1v) is 13.1. The third-order valence-electron chi connectivity index (χ3n) is 6.89. The number of rotatable bonds is 9. The lowest BCUT2D eigenvalue weighted by atomic mass is 9.99. The van der Waals surface area contributed by atoms with Gasteiger partial charge in [-0.15, -0.1) is 0 Å². The molecule has 1 atom stereocenters. The van der Waals surface area contributed by atoms with Crippen molar-refractivity contribution < 1.29 is 23.5 Å². The summed E-state index contributed by atoms with van der Waals surface area (Å²) in [5.41, 5.74) is 4.23. The number of carboxylic acids is 1. The number of hydrogen-bond acceptors (Lipinski definition) is 4. The van der Waals surface area contributed by atoms with Gasteiger partial charge >= 0.3 is 5.97 Å². The van der Waals surface area contributed by atoms with E-state index in [0.717, 1.165) is 10.9 Å². The number of halogens is 2. The van der Waals surface area contributed by atoms with E-state index in [0.29, 0.717) is 58.2 Å². The molecule has 40 heavy (non-hydrogen) atoms. The van der Waals surface area contributed by atoms with Crippen LogP contribution >= 0.6 is 0 Å². The van der Waals surface area contributed by atoms with Gasteiger partial charge in [0, 0.05) is 22.9 Å². The molecule has 0 radical (unpaired) electrons. The Hall–Kier alpha value is -4.72. The van der Waals surface area contributed by atoms with Crippen LogP contribution in [0.3, 0.4) is 0 Å². The van der Waals surface area contributed by atoms with E-state index in [1.807, 2.05) is 19.1 Å². The van der Waals surface area contributed by atoms with Gasteiger partial charge in [-0.05, 0) is 85.7 Å². The average molecular weight is 540 g/mol. The number of carbonyl (C=O) groups is 2. The molecule has 0 saturated heterocycles. The zero-order valence-electron chi connectivity index (χ0n) is 21.8. The van der Waals surface area contributed by atoms with Crippen LogP contribution in [0.15, 0.2) is 78.9 Å². The summed E-state index contributed by atoms with van der Waals surface area (Å²) in [7, 11) is 0. The highest BCUT2D eigenvalue weighted by Crippen LogP contribution is 2.28. The number of carboxylic acid groups (broad SMARTS) is 1. The quantitative estimate of drug-likeness (QED) is 0.197. The molecule has 1 heterocycles. The van der Waals surface area contributed by atoms with Crippen molar-refractivity contribution in [2.45, 2.75) is 38.6 Å². The number of benzene rings is 4. The molecule has 0 fully saturated rings. The van der Waals surface area contributed by atoms with Gasteiger partial charge in [0.15, 0.2) is 0 Å². The number of nitrogens with one attached hydrogen (secondary N) is 1. The predicted molar refractivity (Wildman–Crippen MR) is 150 cm³/mol. The molecule has 0 spiro atoms. The van der Waals surface area contributed by atoms with Crippen LogP contribution in [0.2, 0.25) is 0 Å². The number of fused-ring (bicyclic) bond motifs is 2. The fraction of sp³-hybridized carbons (Fsp3) is 0.188. The van der Waals surface area contributed by atoms with Gasteiger partial charge in [-0.1, -0.05) is 30.3 Å². The minimum Gasteiger partial charge on any atom is -0.481 e. The van der Waals surface area contributed by atoms with Gasteiger partial charge in [0.05, 0.1) is 28.5 Å². The number of hydrogen-bond donors (Lipinski definition) is 2. The van der Waals surface area contributed by atoms with Gasteiger partial charge in [-0.2, -0.15) is 0 Å². The van der Waals surface area contributed by atoms with E-state index in [-0.39, 0.29) is 30.0 Å². The van der Waals surface area contributed by atoms with Crippen LogP contribution in [-0.2, 0) is 11.2 Å². The van der Waals surface area contributed by atoms with Crippen LogP contribution < -0.4 is 5.32 Å². The highest BCUT2D eigenvalue weighted by Gasteiger charge is 2.17. The summed E-state index contributed by atoms with van der Waals surface area (Å²) >= 11 is 0. The Labute approximate surface area is 229 Å². The highest BCUT2D eigenvalue weighted by molar-refractivity contribution is 5.98. The number of aryl methyl sites for hydroxylation is 1.